The molecule has 124 valence electrons. The lowest BCUT2D eigenvalue weighted by atomic mass is 9.96. The highest BCUT2D eigenvalue weighted by Crippen LogP contribution is 2.35. The van der Waals surface area contributed by atoms with Crippen molar-refractivity contribution in [2.45, 2.75) is 64.5 Å². The van der Waals surface area contributed by atoms with Gasteiger partial charge in [0, 0.05) is 29.2 Å². The van der Waals surface area contributed by atoms with Gasteiger partial charge in [0.1, 0.15) is 0 Å². The van der Waals surface area contributed by atoms with Crippen LogP contribution in [0.25, 0.3) is 0 Å². The first-order chi connectivity index (χ1) is 10.7. The molecule has 0 bridgehead atoms. The van der Waals surface area contributed by atoms with E-state index in [0.29, 0.717) is 23.4 Å². The SMILES string of the molecule is CCOc1c(CNC2CCCCCCC2)cc(Cl)cc1OC. The zero-order valence-electron chi connectivity index (χ0n) is 13.8. The molecule has 1 fully saturated rings. The Morgan fingerprint density at radius 3 is 2.45 bits per heavy atom. The zero-order valence-corrected chi connectivity index (χ0v) is 14.5. The lowest BCUT2D eigenvalue weighted by Gasteiger charge is -2.22. The smallest absolute Gasteiger partial charge is 0.165 e. The van der Waals surface area contributed by atoms with Gasteiger partial charge in [-0.15, -0.1) is 0 Å². The summed E-state index contributed by atoms with van der Waals surface area (Å²) in [7, 11) is 1.65. The summed E-state index contributed by atoms with van der Waals surface area (Å²) in [5.74, 6) is 1.52. The summed E-state index contributed by atoms with van der Waals surface area (Å²) in [6, 6.07) is 4.39. The molecular weight excluding hydrogens is 298 g/mol. The fraction of sp³-hybridized carbons (Fsp3) is 0.667. The summed E-state index contributed by atoms with van der Waals surface area (Å²) in [6.45, 7) is 3.38. The van der Waals surface area contributed by atoms with E-state index >= 15 is 0 Å². The minimum absolute atomic E-state index is 0.597. The van der Waals surface area contributed by atoms with Gasteiger partial charge in [-0.25, -0.2) is 0 Å². The van der Waals surface area contributed by atoms with E-state index in [1.807, 2.05) is 19.1 Å². The van der Waals surface area contributed by atoms with E-state index in [0.717, 1.165) is 17.9 Å². The molecule has 1 saturated carbocycles. The molecule has 0 aliphatic heterocycles. The van der Waals surface area contributed by atoms with Gasteiger partial charge in [0.15, 0.2) is 11.5 Å². The van der Waals surface area contributed by atoms with Crippen molar-refractivity contribution in [1.82, 2.24) is 5.32 Å². The molecule has 1 aliphatic rings. The van der Waals surface area contributed by atoms with Gasteiger partial charge in [0.2, 0.25) is 0 Å². The number of ether oxygens (including phenoxy) is 2. The minimum atomic E-state index is 0.597. The molecule has 0 atom stereocenters. The average molecular weight is 326 g/mol. The van der Waals surface area contributed by atoms with Gasteiger partial charge in [-0.1, -0.05) is 43.7 Å². The van der Waals surface area contributed by atoms with Gasteiger partial charge in [-0.2, -0.15) is 0 Å². The zero-order chi connectivity index (χ0) is 15.8. The second-order valence-electron chi connectivity index (χ2n) is 5.95. The van der Waals surface area contributed by atoms with E-state index in [1.54, 1.807) is 7.11 Å². The Bertz CT molecular complexity index is 457. The lowest BCUT2D eigenvalue weighted by molar-refractivity contribution is 0.305. The molecule has 0 aromatic heterocycles. The summed E-state index contributed by atoms with van der Waals surface area (Å²) in [5, 5.41) is 4.38. The van der Waals surface area contributed by atoms with Crippen LogP contribution in [0, 0.1) is 0 Å². The van der Waals surface area contributed by atoms with Crippen LogP contribution >= 0.6 is 11.6 Å². The first-order valence-corrected chi connectivity index (χ1v) is 8.85. The number of benzene rings is 1. The van der Waals surface area contributed by atoms with Gasteiger partial charge in [-0.05, 0) is 25.8 Å². The molecule has 2 rings (SSSR count). The van der Waals surface area contributed by atoms with Gasteiger partial charge < -0.3 is 14.8 Å². The second kappa shape index (κ2) is 9.26. The van der Waals surface area contributed by atoms with Crippen LogP contribution in [0.1, 0.15) is 57.4 Å². The number of rotatable bonds is 6. The maximum atomic E-state index is 6.21. The number of methoxy groups -OCH3 is 1. The molecular formula is C18H28ClNO2. The molecule has 1 N–H and O–H groups in total. The molecule has 0 radical (unpaired) electrons. The van der Waals surface area contributed by atoms with Crippen LogP contribution < -0.4 is 14.8 Å². The Morgan fingerprint density at radius 1 is 1.14 bits per heavy atom. The molecule has 4 heteroatoms. The van der Waals surface area contributed by atoms with Gasteiger partial charge in [0.05, 0.1) is 13.7 Å². The Labute approximate surface area is 139 Å². The third-order valence-corrected chi connectivity index (χ3v) is 4.51. The van der Waals surface area contributed by atoms with E-state index in [1.165, 1.54) is 44.9 Å². The fourth-order valence-corrected chi connectivity index (χ4v) is 3.36. The van der Waals surface area contributed by atoms with Crippen LogP contribution in [0.2, 0.25) is 5.02 Å². The maximum absolute atomic E-state index is 6.21. The van der Waals surface area contributed by atoms with Crippen LogP contribution in [-0.2, 0) is 6.54 Å². The molecule has 1 aromatic rings. The van der Waals surface area contributed by atoms with Crippen LogP contribution in [-0.4, -0.2) is 19.8 Å². The van der Waals surface area contributed by atoms with Crippen LogP contribution in [0.3, 0.4) is 0 Å². The monoisotopic (exact) mass is 325 g/mol. The summed E-state index contributed by atoms with van der Waals surface area (Å²) < 4.78 is 11.2. The van der Waals surface area contributed by atoms with Crippen LogP contribution in [0.4, 0.5) is 0 Å². The number of hydrogen-bond acceptors (Lipinski definition) is 3. The van der Waals surface area contributed by atoms with Crippen molar-refractivity contribution >= 4 is 11.6 Å². The van der Waals surface area contributed by atoms with Gasteiger partial charge >= 0.3 is 0 Å². The van der Waals surface area contributed by atoms with Crippen LogP contribution in [0.5, 0.6) is 11.5 Å². The van der Waals surface area contributed by atoms with E-state index < -0.39 is 0 Å². The average Bonchev–Trinajstić information content (AvgIpc) is 2.48. The summed E-state index contributed by atoms with van der Waals surface area (Å²) in [4.78, 5) is 0. The van der Waals surface area contributed by atoms with E-state index in [9.17, 15) is 0 Å². The first kappa shape index (κ1) is 17.4. The predicted molar refractivity (Wildman–Crippen MR) is 92.1 cm³/mol. The number of halogens is 1. The summed E-state index contributed by atoms with van der Waals surface area (Å²) in [6.07, 6.45) is 9.32. The highest BCUT2D eigenvalue weighted by molar-refractivity contribution is 6.30. The van der Waals surface area contributed by atoms with Crippen LogP contribution in [0.15, 0.2) is 12.1 Å². The molecule has 22 heavy (non-hydrogen) atoms. The third kappa shape index (κ3) is 5.06. The highest BCUT2D eigenvalue weighted by Gasteiger charge is 2.15. The standard InChI is InChI=1S/C18H28ClNO2/c1-3-22-18-14(11-15(19)12-17(18)21-2)13-20-16-9-7-5-4-6-8-10-16/h11-12,16,20H,3-10,13H2,1-2H3. The fourth-order valence-electron chi connectivity index (χ4n) is 3.13. The molecule has 0 amide bonds. The Kier molecular flexibility index (Phi) is 7.34. The normalized spacial score (nSPS) is 16.9. The topological polar surface area (TPSA) is 30.5 Å². The highest BCUT2D eigenvalue weighted by atomic mass is 35.5. The van der Waals surface area contributed by atoms with Crippen molar-refractivity contribution in [3.05, 3.63) is 22.7 Å². The van der Waals surface area contributed by atoms with Crippen molar-refractivity contribution in [2.24, 2.45) is 0 Å². The van der Waals surface area contributed by atoms with Gasteiger partial charge in [0.25, 0.3) is 0 Å². The van der Waals surface area contributed by atoms with Crippen molar-refractivity contribution in [1.29, 1.82) is 0 Å². The first-order valence-electron chi connectivity index (χ1n) is 8.47. The molecule has 3 nitrogen and oxygen atoms in total. The minimum Gasteiger partial charge on any atom is -0.493 e. The summed E-state index contributed by atoms with van der Waals surface area (Å²) >= 11 is 6.21. The van der Waals surface area contributed by atoms with E-state index in [-0.39, 0.29) is 0 Å². The maximum Gasteiger partial charge on any atom is 0.165 e. The molecule has 0 unspecified atom stereocenters. The third-order valence-electron chi connectivity index (χ3n) is 4.29. The Balaban J connectivity index is 2.05. The van der Waals surface area contributed by atoms with Crippen molar-refractivity contribution < 1.29 is 9.47 Å². The molecule has 0 saturated heterocycles. The van der Waals surface area contributed by atoms with E-state index in [2.05, 4.69) is 5.32 Å². The van der Waals surface area contributed by atoms with Crippen molar-refractivity contribution in [2.75, 3.05) is 13.7 Å². The number of hydrogen-bond donors (Lipinski definition) is 1. The van der Waals surface area contributed by atoms with E-state index in [4.69, 9.17) is 21.1 Å². The second-order valence-corrected chi connectivity index (χ2v) is 6.39. The lowest BCUT2D eigenvalue weighted by Crippen LogP contribution is -2.29. The quantitative estimate of drug-likeness (QED) is 0.802. The van der Waals surface area contributed by atoms with Gasteiger partial charge in [-0.3, -0.25) is 0 Å². The molecule has 0 spiro atoms. The summed E-state index contributed by atoms with van der Waals surface area (Å²) in [5.41, 5.74) is 1.08. The largest absolute Gasteiger partial charge is 0.493 e. The Morgan fingerprint density at radius 2 is 1.82 bits per heavy atom. The molecule has 1 aliphatic carbocycles. The van der Waals surface area contributed by atoms with Crippen molar-refractivity contribution in [3.8, 4) is 11.5 Å². The van der Waals surface area contributed by atoms with Crippen molar-refractivity contribution in [3.63, 3.8) is 0 Å². The Hall–Kier alpha value is -0.930. The number of nitrogens with one attached hydrogen (secondary N) is 1. The molecule has 1 aromatic carbocycles. The predicted octanol–water partition coefficient (Wildman–Crippen LogP) is 4.95. The molecule has 0 heterocycles.